The van der Waals surface area contributed by atoms with Crippen molar-refractivity contribution in [2.75, 3.05) is 27.3 Å². The Morgan fingerprint density at radius 1 is 1.42 bits per heavy atom. The summed E-state index contributed by atoms with van der Waals surface area (Å²) in [7, 11) is 3.20. The van der Waals surface area contributed by atoms with E-state index in [1.165, 1.54) is 12.0 Å². The van der Waals surface area contributed by atoms with Gasteiger partial charge in [0.2, 0.25) is 0 Å². The van der Waals surface area contributed by atoms with Crippen LogP contribution in [-0.2, 0) is 4.74 Å². The van der Waals surface area contributed by atoms with Gasteiger partial charge in [0.15, 0.2) is 0 Å². The van der Waals surface area contributed by atoms with Gasteiger partial charge in [0.25, 0.3) is 5.91 Å². The molecular formula is C14H20BrNO3. The molecule has 1 atom stereocenters. The maximum Gasteiger partial charge on any atom is 0.253 e. The topological polar surface area (TPSA) is 49.8 Å². The zero-order valence-corrected chi connectivity index (χ0v) is 13.3. The summed E-state index contributed by atoms with van der Waals surface area (Å²) in [6.07, 6.45) is -0.671. The van der Waals surface area contributed by atoms with E-state index in [0.29, 0.717) is 5.56 Å². The van der Waals surface area contributed by atoms with Crippen LogP contribution >= 0.6 is 15.9 Å². The number of ether oxygens (including phenoxy) is 1. The lowest BCUT2D eigenvalue weighted by Crippen LogP contribution is -2.36. The molecule has 0 aliphatic heterocycles. The number of hydrogen-bond acceptors (Lipinski definition) is 3. The van der Waals surface area contributed by atoms with Crippen LogP contribution in [-0.4, -0.2) is 49.3 Å². The van der Waals surface area contributed by atoms with Gasteiger partial charge in [0, 0.05) is 30.7 Å². The third-order valence-corrected chi connectivity index (χ3v) is 3.78. The first kappa shape index (κ1) is 16.1. The molecule has 1 aromatic rings. The third-order valence-electron chi connectivity index (χ3n) is 2.93. The Morgan fingerprint density at radius 3 is 2.63 bits per heavy atom. The summed E-state index contributed by atoms with van der Waals surface area (Å²) < 4.78 is 5.84. The molecular weight excluding hydrogens is 310 g/mol. The van der Waals surface area contributed by atoms with Gasteiger partial charge in [-0.3, -0.25) is 4.79 Å². The van der Waals surface area contributed by atoms with Gasteiger partial charge in [-0.05, 0) is 37.1 Å². The maximum atomic E-state index is 12.3. The molecule has 0 aliphatic rings. The Bertz CT molecular complexity index is 462. The predicted octanol–water partition coefficient (Wildman–Crippen LogP) is 2.15. The number of benzene rings is 1. The molecule has 0 aromatic heterocycles. The minimum Gasteiger partial charge on any atom is -0.389 e. The molecule has 1 aromatic carbocycles. The highest BCUT2D eigenvalue weighted by Gasteiger charge is 2.18. The van der Waals surface area contributed by atoms with Crippen molar-refractivity contribution in [3.8, 4) is 0 Å². The molecule has 0 saturated carbocycles. The van der Waals surface area contributed by atoms with Crippen LogP contribution in [0.2, 0.25) is 0 Å². The monoisotopic (exact) mass is 329 g/mol. The van der Waals surface area contributed by atoms with E-state index >= 15 is 0 Å². The van der Waals surface area contributed by atoms with Crippen LogP contribution in [0, 0.1) is 13.8 Å². The van der Waals surface area contributed by atoms with Gasteiger partial charge >= 0.3 is 0 Å². The van der Waals surface area contributed by atoms with Crippen LogP contribution in [0.25, 0.3) is 0 Å². The summed E-state index contributed by atoms with van der Waals surface area (Å²) in [4.78, 5) is 13.8. The third kappa shape index (κ3) is 4.30. The lowest BCUT2D eigenvalue weighted by atomic mass is 10.0. The Balaban J connectivity index is 2.85. The van der Waals surface area contributed by atoms with Crippen molar-refractivity contribution in [2.45, 2.75) is 20.0 Å². The van der Waals surface area contributed by atoms with Crippen LogP contribution in [0.3, 0.4) is 0 Å². The molecule has 1 rings (SSSR count). The molecule has 106 valence electrons. The fourth-order valence-corrected chi connectivity index (χ4v) is 2.32. The quantitative estimate of drug-likeness (QED) is 0.900. The number of aryl methyl sites for hydroxylation is 2. The number of halogens is 1. The van der Waals surface area contributed by atoms with E-state index in [1.54, 1.807) is 7.05 Å². The van der Waals surface area contributed by atoms with Crippen molar-refractivity contribution in [1.82, 2.24) is 4.90 Å². The number of carbonyl (C=O) groups excluding carboxylic acids is 1. The number of amides is 1. The summed E-state index contributed by atoms with van der Waals surface area (Å²) in [5.74, 6) is -0.0942. The number of nitrogens with zero attached hydrogens (tertiary/aromatic N) is 1. The smallest absolute Gasteiger partial charge is 0.253 e. The summed E-state index contributed by atoms with van der Waals surface area (Å²) in [6, 6.07) is 3.79. The van der Waals surface area contributed by atoms with Crippen LogP contribution in [0.5, 0.6) is 0 Å². The zero-order valence-electron chi connectivity index (χ0n) is 11.7. The second-order valence-electron chi connectivity index (χ2n) is 4.71. The van der Waals surface area contributed by atoms with E-state index in [-0.39, 0.29) is 19.1 Å². The van der Waals surface area contributed by atoms with Crippen molar-refractivity contribution in [3.63, 3.8) is 0 Å². The first-order chi connectivity index (χ1) is 8.86. The van der Waals surface area contributed by atoms with Gasteiger partial charge in [-0.2, -0.15) is 0 Å². The number of likely N-dealkylation sites (N-methyl/N-ethyl adjacent to an activating group) is 1. The average molecular weight is 330 g/mol. The van der Waals surface area contributed by atoms with E-state index in [9.17, 15) is 9.90 Å². The van der Waals surface area contributed by atoms with E-state index in [1.807, 2.05) is 26.0 Å². The van der Waals surface area contributed by atoms with Crippen LogP contribution in [0.15, 0.2) is 16.6 Å². The van der Waals surface area contributed by atoms with Crippen molar-refractivity contribution in [3.05, 3.63) is 33.3 Å². The summed E-state index contributed by atoms with van der Waals surface area (Å²) in [5.41, 5.74) is 2.59. The lowest BCUT2D eigenvalue weighted by Gasteiger charge is -2.21. The molecule has 0 spiro atoms. The van der Waals surface area contributed by atoms with Gasteiger partial charge < -0.3 is 14.7 Å². The highest BCUT2D eigenvalue weighted by atomic mass is 79.9. The molecule has 0 aliphatic carbocycles. The van der Waals surface area contributed by atoms with Crippen LogP contribution in [0.4, 0.5) is 0 Å². The summed E-state index contributed by atoms with van der Waals surface area (Å²) in [5, 5.41) is 9.66. The Labute approximate surface area is 122 Å². The Hall–Kier alpha value is -0.910. The van der Waals surface area contributed by atoms with Gasteiger partial charge in [-0.25, -0.2) is 0 Å². The Kier molecular flexibility index (Phi) is 5.97. The van der Waals surface area contributed by atoms with Crippen molar-refractivity contribution < 1.29 is 14.6 Å². The standard InChI is InChI=1S/C14H20BrNO3/c1-9-6-13(15)10(2)5-12(9)14(18)16(3)7-11(17)8-19-4/h5-6,11,17H,7-8H2,1-4H3. The van der Waals surface area contributed by atoms with Crippen LogP contribution in [0.1, 0.15) is 21.5 Å². The van der Waals surface area contributed by atoms with Crippen molar-refractivity contribution >= 4 is 21.8 Å². The number of carbonyl (C=O) groups is 1. The zero-order chi connectivity index (χ0) is 14.6. The normalized spacial score (nSPS) is 12.3. The Morgan fingerprint density at radius 2 is 2.05 bits per heavy atom. The molecule has 0 radical (unpaired) electrons. The van der Waals surface area contributed by atoms with Crippen molar-refractivity contribution in [2.24, 2.45) is 0 Å². The second kappa shape index (κ2) is 7.03. The molecule has 19 heavy (non-hydrogen) atoms. The van der Waals surface area contributed by atoms with E-state index < -0.39 is 6.10 Å². The van der Waals surface area contributed by atoms with Crippen LogP contribution < -0.4 is 0 Å². The number of hydrogen-bond donors (Lipinski definition) is 1. The minimum absolute atomic E-state index is 0.0942. The SMILES string of the molecule is COCC(O)CN(C)C(=O)c1cc(C)c(Br)cc1C. The molecule has 4 nitrogen and oxygen atoms in total. The number of methoxy groups -OCH3 is 1. The highest BCUT2D eigenvalue weighted by Crippen LogP contribution is 2.22. The second-order valence-corrected chi connectivity index (χ2v) is 5.57. The molecule has 1 amide bonds. The van der Waals surface area contributed by atoms with E-state index in [0.717, 1.165) is 15.6 Å². The maximum absolute atomic E-state index is 12.3. The molecule has 0 bridgehead atoms. The minimum atomic E-state index is -0.671. The highest BCUT2D eigenvalue weighted by molar-refractivity contribution is 9.10. The molecule has 1 N–H and O–H groups in total. The molecule has 0 saturated heterocycles. The summed E-state index contributed by atoms with van der Waals surface area (Å²) in [6.45, 7) is 4.31. The van der Waals surface area contributed by atoms with Gasteiger partial charge in [0.05, 0.1) is 12.7 Å². The fourth-order valence-electron chi connectivity index (χ4n) is 1.86. The summed E-state index contributed by atoms with van der Waals surface area (Å²) >= 11 is 3.45. The molecule has 5 heteroatoms. The first-order valence-corrected chi connectivity index (χ1v) is 6.85. The van der Waals surface area contributed by atoms with E-state index in [2.05, 4.69) is 15.9 Å². The van der Waals surface area contributed by atoms with Gasteiger partial charge in [-0.15, -0.1) is 0 Å². The van der Waals surface area contributed by atoms with Gasteiger partial charge in [0.1, 0.15) is 0 Å². The fraction of sp³-hybridized carbons (Fsp3) is 0.500. The predicted molar refractivity (Wildman–Crippen MR) is 78.5 cm³/mol. The number of aliphatic hydroxyl groups is 1. The first-order valence-electron chi connectivity index (χ1n) is 6.06. The number of rotatable bonds is 5. The largest absolute Gasteiger partial charge is 0.389 e. The van der Waals surface area contributed by atoms with E-state index in [4.69, 9.17) is 4.74 Å². The molecule has 1 unspecified atom stereocenters. The number of aliphatic hydroxyl groups excluding tert-OH is 1. The molecule has 0 heterocycles. The molecule has 0 fully saturated rings. The van der Waals surface area contributed by atoms with Gasteiger partial charge in [-0.1, -0.05) is 15.9 Å². The average Bonchev–Trinajstić information content (AvgIpc) is 2.33. The van der Waals surface area contributed by atoms with Crippen molar-refractivity contribution in [1.29, 1.82) is 0 Å². The lowest BCUT2D eigenvalue weighted by molar-refractivity contribution is 0.0380.